The van der Waals surface area contributed by atoms with Gasteiger partial charge in [-0.1, -0.05) is 4.90 Å². The fourth-order valence-electron chi connectivity index (χ4n) is 1.22. The third-order valence-corrected chi connectivity index (χ3v) is 2.40. The first-order valence-electron chi connectivity index (χ1n) is 5.25. The molecule has 0 radical (unpaired) electrons. The summed E-state index contributed by atoms with van der Waals surface area (Å²) in [5, 5.41) is 0. The van der Waals surface area contributed by atoms with Crippen molar-refractivity contribution in [3.05, 3.63) is 0 Å². The van der Waals surface area contributed by atoms with Gasteiger partial charge in [0.1, 0.15) is 0 Å². The van der Waals surface area contributed by atoms with Crippen molar-refractivity contribution in [3.8, 4) is 0 Å². The second-order valence-corrected chi connectivity index (χ2v) is 3.95. The molecule has 0 heterocycles. The third kappa shape index (κ3) is 3.86. The van der Waals surface area contributed by atoms with Crippen LogP contribution in [0.3, 0.4) is 0 Å². The number of methoxy groups -OCH3 is 1. The molecule has 0 atom stereocenters. The molecule has 17 heteroatoms. The van der Waals surface area contributed by atoms with Crippen molar-refractivity contribution >= 4 is 0 Å². The molecule has 0 bridgehead atoms. The van der Waals surface area contributed by atoms with E-state index < -0.39 is 55.4 Å². The average molecular weight is 413 g/mol. The lowest BCUT2D eigenvalue weighted by atomic mass is 10.2. The topological polar surface area (TPSA) is 21.7 Å². The summed E-state index contributed by atoms with van der Waals surface area (Å²) in [6.07, 6.45) is -20.7. The zero-order chi connectivity index (χ0) is 20.7. The van der Waals surface area contributed by atoms with E-state index in [-0.39, 0.29) is 0 Å². The molecule has 0 N–H and O–H groups in total. The molecule has 0 aromatic heterocycles. The molecule has 0 rings (SSSR count). The zero-order valence-corrected chi connectivity index (χ0v) is 11.3. The summed E-state index contributed by atoms with van der Waals surface area (Å²) >= 11 is 0. The molecule has 152 valence electrons. The minimum absolute atomic E-state index is 0.416. The van der Waals surface area contributed by atoms with E-state index in [1.807, 2.05) is 0 Å². The Bertz CT molecular complexity index is 460. The number of ether oxygens (including phenoxy) is 2. The van der Waals surface area contributed by atoms with Crippen molar-refractivity contribution in [2.24, 2.45) is 0 Å². The highest BCUT2D eigenvalue weighted by molar-refractivity contribution is 4.97. The van der Waals surface area contributed by atoms with E-state index in [2.05, 4.69) is 9.47 Å². The van der Waals surface area contributed by atoms with Crippen molar-refractivity contribution in [2.45, 2.75) is 36.5 Å². The van der Waals surface area contributed by atoms with Gasteiger partial charge >= 0.3 is 36.5 Å². The molecule has 0 aliphatic carbocycles. The van der Waals surface area contributed by atoms with Gasteiger partial charge in [0.05, 0.1) is 0 Å². The van der Waals surface area contributed by atoms with Crippen LogP contribution >= 0.6 is 0 Å². The molecule has 0 spiro atoms. The van der Waals surface area contributed by atoms with Crippen LogP contribution in [0, 0.1) is 0 Å². The van der Waals surface area contributed by atoms with Gasteiger partial charge in [-0.3, -0.25) is 4.74 Å². The fourth-order valence-corrected chi connectivity index (χ4v) is 1.22. The summed E-state index contributed by atoms with van der Waals surface area (Å²) in [5.41, 5.74) is 0. The van der Waals surface area contributed by atoms with Gasteiger partial charge in [-0.15, -0.1) is 0 Å². The maximum Gasteiger partial charge on any atom is 0.469 e. The van der Waals surface area contributed by atoms with Crippen LogP contribution in [0.2, 0.25) is 0 Å². The molecule has 0 aliphatic heterocycles. The molecule has 25 heavy (non-hydrogen) atoms. The van der Waals surface area contributed by atoms with Crippen LogP contribution in [0.1, 0.15) is 0 Å². The predicted octanol–water partition coefficient (Wildman–Crippen LogP) is 4.40. The highest BCUT2D eigenvalue weighted by Crippen LogP contribution is 2.56. The van der Waals surface area contributed by atoms with Gasteiger partial charge in [0.15, 0.2) is 6.86 Å². The van der Waals surface area contributed by atoms with Crippen LogP contribution in [-0.4, -0.2) is 55.4 Å². The summed E-state index contributed by atoms with van der Waals surface area (Å²) < 4.78 is 183. The van der Waals surface area contributed by atoms with Gasteiger partial charge in [0, 0.05) is 7.11 Å². The summed E-state index contributed by atoms with van der Waals surface area (Å²) in [5.74, 6) is -7.40. The van der Waals surface area contributed by atoms with Crippen molar-refractivity contribution < 1.29 is 70.9 Å². The van der Waals surface area contributed by atoms with Crippen LogP contribution in [0.15, 0.2) is 0 Å². The normalized spacial score (nSPS) is 15.8. The van der Waals surface area contributed by atoms with Gasteiger partial charge in [-0.25, -0.2) is 4.39 Å². The molecule has 0 saturated heterocycles. The Kier molecular flexibility index (Phi) is 6.28. The minimum atomic E-state index is -7.71. The lowest BCUT2D eigenvalue weighted by Crippen LogP contribution is -2.73. The number of hydrogen-bond donors (Lipinski definition) is 0. The third-order valence-electron chi connectivity index (χ3n) is 2.40. The number of nitrogens with zero attached hydrogens (tertiary/aromatic N) is 1. The minimum Gasteiger partial charge on any atom is -0.319 e. The Hall–Kier alpha value is -1.10. The van der Waals surface area contributed by atoms with Crippen LogP contribution in [0.25, 0.3) is 0 Å². The van der Waals surface area contributed by atoms with Crippen molar-refractivity contribution in [2.75, 3.05) is 14.0 Å². The molecular formula is C8H5F14NO2. The molecule has 0 amide bonds. The first-order chi connectivity index (χ1) is 10.7. The predicted molar refractivity (Wildman–Crippen MR) is 46.7 cm³/mol. The Morgan fingerprint density at radius 3 is 1.36 bits per heavy atom. The van der Waals surface area contributed by atoms with Crippen LogP contribution in [-0.2, 0) is 9.47 Å². The molecular weight excluding hydrogens is 408 g/mol. The zero-order valence-electron chi connectivity index (χ0n) is 11.3. The van der Waals surface area contributed by atoms with E-state index in [4.69, 9.17) is 0 Å². The number of alkyl halides is 14. The monoisotopic (exact) mass is 413 g/mol. The highest BCUT2D eigenvalue weighted by Gasteiger charge is 2.85. The second kappa shape index (κ2) is 6.57. The molecule has 0 saturated carbocycles. The Morgan fingerprint density at radius 1 is 0.680 bits per heavy atom. The van der Waals surface area contributed by atoms with Crippen LogP contribution in [0.5, 0.6) is 0 Å². The van der Waals surface area contributed by atoms with Crippen molar-refractivity contribution in [1.29, 1.82) is 0 Å². The Balaban J connectivity index is 6.52. The lowest BCUT2D eigenvalue weighted by molar-refractivity contribution is -0.521. The molecule has 0 unspecified atom stereocenters. The van der Waals surface area contributed by atoms with E-state index in [0.717, 1.165) is 0 Å². The quantitative estimate of drug-likeness (QED) is 0.435. The maximum atomic E-state index is 13.2. The summed E-state index contributed by atoms with van der Waals surface area (Å²) in [6, 6.07) is -15.2. The number of rotatable bonds is 8. The lowest BCUT2D eigenvalue weighted by Gasteiger charge is -2.43. The van der Waals surface area contributed by atoms with Gasteiger partial charge in [0.25, 0.3) is 0 Å². The molecule has 3 nitrogen and oxygen atoms in total. The first-order valence-corrected chi connectivity index (χ1v) is 5.25. The van der Waals surface area contributed by atoms with Crippen molar-refractivity contribution in [1.82, 2.24) is 4.90 Å². The van der Waals surface area contributed by atoms with Gasteiger partial charge < -0.3 is 4.74 Å². The smallest absolute Gasteiger partial charge is 0.319 e. The SMILES string of the molecule is COC(F)(F)C(F)(F)C(F)(F)N(C(F)(F)F)C(F)(F)C(F)(F)OCF. The molecule has 0 aliphatic rings. The molecule has 0 fully saturated rings. The largest absolute Gasteiger partial charge is 0.469 e. The summed E-state index contributed by atoms with van der Waals surface area (Å²) in [7, 11) is -0.416. The van der Waals surface area contributed by atoms with E-state index in [1.54, 1.807) is 0 Å². The Labute approximate surface area is 128 Å². The van der Waals surface area contributed by atoms with Crippen molar-refractivity contribution in [3.63, 3.8) is 0 Å². The van der Waals surface area contributed by atoms with E-state index in [0.29, 0.717) is 0 Å². The van der Waals surface area contributed by atoms with Gasteiger partial charge in [-0.2, -0.15) is 57.1 Å². The molecule has 0 aromatic carbocycles. The van der Waals surface area contributed by atoms with E-state index in [1.165, 1.54) is 0 Å². The Morgan fingerprint density at radius 2 is 1.08 bits per heavy atom. The molecule has 0 aromatic rings. The standard InChI is InChI=1S/C8H5F14NO2/c1-24-6(16,17)3(10,11)4(12,13)23(8(20,21)22)5(14,15)7(18,19)25-2-9/h2H2,1H3. The average Bonchev–Trinajstić information content (AvgIpc) is 2.35. The first kappa shape index (κ1) is 23.9. The van der Waals surface area contributed by atoms with Crippen LogP contribution in [0.4, 0.5) is 61.5 Å². The number of hydrogen-bond acceptors (Lipinski definition) is 3. The van der Waals surface area contributed by atoms with Crippen LogP contribution < -0.4 is 0 Å². The van der Waals surface area contributed by atoms with E-state index >= 15 is 0 Å². The summed E-state index contributed by atoms with van der Waals surface area (Å²) in [6.45, 7) is -2.97. The van der Waals surface area contributed by atoms with Gasteiger partial charge in [0.2, 0.25) is 0 Å². The maximum absolute atomic E-state index is 13.2. The summed E-state index contributed by atoms with van der Waals surface area (Å²) in [4.78, 5) is -4.17. The van der Waals surface area contributed by atoms with E-state index in [9.17, 15) is 61.5 Å². The number of halogens is 14. The second-order valence-electron chi connectivity index (χ2n) is 3.95. The fraction of sp³-hybridized carbons (Fsp3) is 1.00. The highest BCUT2D eigenvalue weighted by atomic mass is 19.4. The van der Waals surface area contributed by atoms with Gasteiger partial charge in [-0.05, 0) is 0 Å².